The number of ether oxygens (including phenoxy) is 2. The second-order valence-electron chi connectivity index (χ2n) is 10.5. The van der Waals surface area contributed by atoms with Crippen LogP contribution in [0.1, 0.15) is 52.9 Å². The number of amides is 2. The zero-order valence-electron chi connectivity index (χ0n) is 23.9. The van der Waals surface area contributed by atoms with Gasteiger partial charge in [0.1, 0.15) is 5.69 Å². The fraction of sp³-hybridized carbons (Fsp3) is 0.387. The Balaban J connectivity index is 1.69. The lowest BCUT2D eigenvalue weighted by Crippen LogP contribution is -2.49. The molecule has 1 unspecified atom stereocenters. The first-order valence-electron chi connectivity index (χ1n) is 13.5. The Hall–Kier alpha value is -3.80. The van der Waals surface area contributed by atoms with Crippen molar-refractivity contribution in [3.8, 4) is 11.1 Å². The molecule has 224 valence electrons. The molecule has 0 aliphatic carbocycles. The van der Waals surface area contributed by atoms with E-state index in [9.17, 15) is 27.9 Å². The van der Waals surface area contributed by atoms with Gasteiger partial charge in [0.2, 0.25) is 0 Å². The number of hydrogen-bond acceptors (Lipinski definition) is 6. The van der Waals surface area contributed by atoms with E-state index in [-0.39, 0.29) is 17.4 Å². The van der Waals surface area contributed by atoms with Crippen LogP contribution in [-0.4, -0.2) is 61.5 Å². The Kier molecular flexibility index (Phi) is 9.34. The standard InChI is InChI=1S/C31H34F3N3O5/c1-19-5-7-23(36-28(39)22-9-12-35-27(16-22)31(32,33)34)17-24(19)21-6-8-26(25(15-21)20-10-13-42-14-11-20)37(3)29(40)30(2,18-38)41-4/h5-9,12,15-17,20,38H,10-11,13-14,18H2,1-4H3,(H,36,39). The minimum absolute atomic E-state index is 0.115. The molecule has 0 bridgehead atoms. The summed E-state index contributed by atoms with van der Waals surface area (Å²) >= 11 is 0. The molecule has 2 amide bonds. The van der Waals surface area contributed by atoms with Gasteiger partial charge in [-0.25, -0.2) is 0 Å². The zero-order chi connectivity index (χ0) is 30.7. The molecule has 11 heteroatoms. The van der Waals surface area contributed by atoms with Gasteiger partial charge in [0.05, 0.1) is 6.61 Å². The SMILES string of the molecule is COC(C)(CO)C(=O)N(C)c1ccc(-c2cc(NC(=O)c3ccnc(C(F)(F)F)c3)ccc2C)cc1C1CCOCC1. The monoisotopic (exact) mass is 585 g/mol. The van der Waals surface area contributed by atoms with Gasteiger partial charge in [0.15, 0.2) is 5.60 Å². The van der Waals surface area contributed by atoms with Crippen LogP contribution in [0.15, 0.2) is 54.7 Å². The molecule has 4 rings (SSSR count). The predicted octanol–water partition coefficient (Wildman–Crippen LogP) is 5.58. The number of alkyl halides is 3. The van der Waals surface area contributed by atoms with Gasteiger partial charge in [0.25, 0.3) is 11.8 Å². The molecule has 1 atom stereocenters. The van der Waals surface area contributed by atoms with Crippen molar-refractivity contribution >= 4 is 23.2 Å². The summed E-state index contributed by atoms with van der Waals surface area (Å²) < 4.78 is 50.2. The highest BCUT2D eigenvalue weighted by molar-refractivity contribution is 6.04. The maximum absolute atomic E-state index is 13.3. The maximum Gasteiger partial charge on any atom is 0.433 e. The number of carbonyl (C=O) groups excluding carboxylic acids is 2. The summed E-state index contributed by atoms with van der Waals surface area (Å²) in [5.41, 5.74) is 1.89. The maximum atomic E-state index is 13.3. The minimum Gasteiger partial charge on any atom is -0.393 e. The highest BCUT2D eigenvalue weighted by atomic mass is 19.4. The molecule has 1 aromatic heterocycles. The Labute approximate surface area is 242 Å². The molecule has 42 heavy (non-hydrogen) atoms. The van der Waals surface area contributed by atoms with E-state index < -0.39 is 30.0 Å². The molecule has 0 spiro atoms. The largest absolute Gasteiger partial charge is 0.433 e. The summed E-state index contributed by atoms with van der Waals surface area (Å²) in [7, 11) is 3.03. The van der Waals surface area contributed by atoms with Crippen LogP contribution in [0.4, 0.5) is 24.5 Å². The number of likely N-dealkylation sites (N-methyl/N-ethyl adjacent to an activating group) is 1. The number of aliphatic hydroxyl groups excluding tert-OH is 1. The summed E-state index contributed by atoms with van der Waals surface area (Å²) in [6, 6.07) is 13.0. The highest BCUT2D eigenvalue weighted by Crippen LogP contribution is 2.39. The Morgan fingerprint density at radius 2 is 1.83 bits per heavy atom. The molecule has 0 saturated carbocycles. The molecule has 2 aromatic carbocycles. The molecule has 8 nitrogen and oxygen atoms in total. The lowest BCUT2D eigenvalue weighted by Gasteiger charge is -2.33. The molecule has 1 fully saturated rings. The molecule has 3 aromatic rings. The first-order chi connectivity index (χ1) is 19.9. The van der Waals surface area contributed by atoms with E-state index in [2.05, 4.69) is 10.3 Å². The number of benzene rings is 2. The third-order valence-electron chi connectivity index (χ3n) is 7.68. The number of aliphatic hydroxyl groups is 1. The van der Waals surface area contributed by atoms with Gasteiger partial charge >= 0.3 is 6.18 Å². The zero-order valence-corrected chi connectivity index (χ0v) is 23.9. The molecular weight excluding hydrogens is 551 g/mol. The van der Waals surface area contributed by atoms with E-state index in [1.54, 1.807) is 19.2 Å². The third-order valence-corrected chi connectivity index (χ3v) is 7.68. The summed E-state index contributed by atoms with van der Waals surface area (Å²) in [6.45, 7) is 4.15. The van der Waals surface area contributed by atoms with E-state index in [0.717, 1.165) is 41.3 Å². The highest BCUT2D eigenvalue weighted by Gasteiger charge is 2.37. The Morgan fingerprint density at radius 1 is 1.12 bits per heavy atom. The van der Waals surface area contributed by atoms with E-state index in [4.69, 9.17) is 9.47 Å². The molecule has 0 radical (unpaired) electrons. The summed E-state index contributed by atoms with van der Waals surface area (Å²) in [4.78, 5) is 30.9. The average Bonchev–Trinajstić information content (AvgIpc) is 3.00. The predicted molar refractivity (Wildman–Crippen MR) is 153 cm³/mol. The normalized spacial score (nSPS) is 15.6. The van der Waals surface area contributed by atoms with Gasteiger partial charge < -0.3 is 24.8 Å². The molecule has 1 saturated heterocycles. The van der Waals surface area contributed by atoms with Crippen LogP contribution >= 0.6 is 0 Å². The number of halogens is 3. The number of nitrogens with zero attached hydrogens (tertiary/aromatic N) is 2. The number of anilines is 2. The topological polar surface area (TPSA) is 101 Å². The summed E-state index contributed by atoms with van der Waals surface area (Å²) in [5, 5.41) is 12.5. The summed E-state index contributed by atoms with van der Waals surface area (Å²) in [6.07, 6.45) is -2.18. The molecular formula is C31H34F3N3O5. The quantitative estimate of drug-likeness (QED) is 0.358. The van der Waals surface area contributed by atoms with Gasteiger partial charge in [-0.3, -0.25) is 14.6 Å². The lowest BCUT2D eigenvalue weighted by molar-refractivity contribution is -0.142. The van der Waals surface area contributed by atoms with Crippen LogP contribution in [0, 0.1) is 6.92 Å². The smallest absolute Gasteiger partial charge is 0.393 e. The number of nitrogens with one attached hydrogen (secondary N) is 1. The van der Waals surface area contributed by atoms with Crippen molar-refractivity contribution in [3.05, 3.63) is 77.1 Å². The molecule has 1 aliphatic heterocycles. The van der Waals surface area contributed by atoms with E-state index in [0.29, 0.717) is 30.7 Å². The first-order valence-corrected chi connectivity index (χ1v) is 13.5. The van der Waals surface area contributed by atoms with Crippen molar-refractivity contribution in [3.63, 3.8) is 0 Å². The lowest BCUT2D eigenvalue weighted by atomic mass is 9.87. The van der Waals surface area contributed by atoms with Crippen LogP contribution in [0.25, 0.3) is 11.1 Å². The Morgan fingerprint density at radius 3 is 2.48 bits per heavy atom. The van der Waals surface area contributed by atoms with Gasteiger partial charge in [0, 0.05) is 50.5 Å². The Bertz CT molecular complexity index is 1450. The average molecular weight is 586 g/mol. The van der Waals surface area contributed by atoms with Gasteiger partial charge in [-0.05, 0) is 91.3 Å². The second kappa shape index (κ2) is 12.6. The van der Waals surface area contributed by atoms with Crippen LogP contribution in [-0.2, 0) is 20.4 Å². The van der Waals surface area contributed by atoms with Crippen molar-refractivity contribution < 1.29 is 37.3 Å². The number of methoxy groups -OCH3 is 1. The van der Waals surface area contributed by atoms with Crippen molar-refractivity contribution in [1.29, 1.82) is 0 Å². The fourth-order valence-corrected chi connectivity index (χ4v) is 4.99. The van der Waals surface area contributed by atoms with Crippen LogP contribution in [0.5, 0.6) is 0 Å². The minimum atomic E-state index is -4.67. The number of aryl methyl sites for hydroxylation is 1. The first kappa shape index (κ1) is 31.1. The van der Waals surface area contributed by atoms with Gasteiger partial charge in [-0.1, -0.05) is 12.1 Å². The van der Waals surface area contributed by atoms with Crippen LogP contribution in [0.2, 0.25) is 0 Å². The van der Waals surface area contributed by atoms with Crippen molar-refractivity contribution in [2.24, 2.45) is 0 Å². The van der Waals surface area contributed by atoms with Gasteiger partial charge in [-0.15, -0.1) is 0 Å². The fourth-order valence-electron chi connectivity index (χ4n) is 4.99. The van der Waals surface area contributed by atoms with E-state index >= 15 is 0 Å². The number of rotatable bonds is 8. The second-order valence-corrected chi connectivity index (χ2v) is 10.5. The number of carbonyl (C=O) groups is 2. The van der Waals surface area contributed by atoms with Crippen molar-refractivity contribution in [1.82, 2.24) is 4.98 Å². The third kappa shape index (κ3) is 6.64. The van der Waals surface area contributed by atoms with Crippen LogP contribution in [0.3, 0.4) is 0 Å². The van der Waals surface area contributed by atoms with E-state index in [1.165, 1.54) is 25.0 Å². The number of hydrogen-bond donors (Lipinski definition) is 2. The van der Waals surface area contributed by atoms with Gasteiger partial charge in [-0.2, -0.15) is 13.2 Å². The summed E-state index contributed by atoms with van der Waals surface area (Å²) in [5.74, 6) is -0.968. The number of aromatic nitrogens is 1. The van der Waals surface area contributed by atoms with Crippen molar-refractivity contribution in [2.45, 2.75) is 44.4 Å². The van der Waals surface area contributed by atoms with Crippen LogP contribution < -0.4 is 10.2 Å². The molecule has 1 aliphatic rings. The molecule has 2 N–H and O–H groups in total. The number of pyridine rings is 1. The molecule has 2 heterocycles. The van der Waals surface area contributed by atoms with E-state index in [1.807, 2.05) is 31.2 Å². The van der Waals surface area contributed by atoms with Crippen molar-refractivity contribution in [2.75, 3.05) is 44.2 Å².